The van der Waals surface area contributed by atoms with Gasteiger partial charge in [0.25, 0.3) is 5.91 Å². The van der Waals surface area contributed by atoms with Crippen LogP contribution in [0.1, 0.15) is 10.4 Å². The number of rotatable bonds is 4. The summed E-state index contributed by atoms with van der Waals surface area (Å²) in [4.78, 5) is 22.1. The fourth-order valence-corrected chi connectivity index (χ4v) is 3.56. The molecule has 4 aromatic rings. The maximum atomic E-state index is 12.3. The van der Waals surface area contributed by atoms with Crippen molar-refractivity contribution in [3.8, 4) is 16.4 Å². The summed E-state index contributed by atoms with van der Waals surface area (Å²) in [6.45, 7) is 0. The second-order valence-corrected chi connectivity index (χ2v) is 6.63. The Morgan fingerprint density at radius 1 is 1.17 bits per heavy atom. The Bertz CT molecular complexity index is 943. The zero-order valence-electron chi connectivity index (χ0n) is 12.3. The molecule has 4 aromatic heterocycles. The number of thiazole rings is 1. The summed E-state index contributed by atoms with van der Waals surface area (Å²) >= 11 is 3.02. The number of hydrogen-bond acceptors (Lipinski definition) is 6. The van der Waals surface area contributed by atoms with Crippen LogP contribution in [0.3, 0.4) is 0 Å². The summed E-state index contributed by atoms with van der Waals surface area (Å²) in [5.41, 5.74) is 1.34. The van der Waals surface area contributed by atoms with Gasteiger partial charge in [0.2, 0.25) is 0 Å². The number of anilines is 1. The van der Waals surface area contributed by atoms with Gasteiger partial charge in [-0.25, -0.2) is 14.6 Å². The van der Waals surface area contributed by atoms with Crippen LogP contribution in [0.5, 0.6) is 0 Å². The molecular weight excluding hydrogens is 342 g/mol. The zero-order chi connectivity index (χ0) is 16.4. The summed E-state index contributed by atoms with van der Waals surface area (Å²) in [7, 11) is 0. The van der Waals surface area contributed by atoms with Crippen LogP contribution in [0, 0.1) is 0 Å². The second kappa shape index (κ2) is 6.34. The molecule has 0 aliphatic heterocycles. The Morgan fingerprint density at radius 2 is 2.12 bits per heavy atom. The number of hydrogen-bond donors (Lipinski definition) is 1. The monoisotopic (exact) mass is 353 g/mol. The second-order valence-electron chi connectivity index (χ2n) is 4.83. The summed E-state index contributed by atoms with van der Waals surface area (Å²) in [6.07, 6.45) is 5.00. The molecule has 0 spiro atoms. The van der Waals surface area contributed by atoms with Crippen molar-refractivity contribution in [1.82, 2.24) is 19.7 Å². The highest BCUT2D eigenvalue weighted by Crippen LogP contribution is 2.28. The molecular formula is C16H11N5OS2. The van der Waals surface area contributed by atoms with E-state index in [0.29, 0.717) is 16.5 Å². The third-order valence-corrected chi connectivity index (χ3v) is 4.90. The van der Waals surface area contributed by atoms with Crippen LogP contribution >= 0.6 is 22.7 Å². The predicted octanol–water partition coefficient (Wildman–Crippen LogP) is 3.70. The van der Waals surface area contributed by atoms with Crippen LogP contribution < -0.4 is 5.32 Å². The van der Waals surface area contributed by atoms with Crippen LogP contribution in [0.4, 0.5) is 5.13 Å². The van der Waals surface area contributed by atoms with Crippen LogP contribution in [0.15, 0.2) is 59.7 Å². The van der Waals surface area contributed by atoms with Gasteiger partial charge in [0.15, 0.2) is 10.9 Å². The molecule has 4 heterocycles. The van der Waals surface area contributed by atoms with E-state index >= 15 is 0 Å². The number of pyridine rings is 1. The number of amides is 1. The lowest BCUT2D eigenvalue weighted by atomic mass is 10.2. The Morgan fingerprint density at radius 3 is 2.83 bits per heavy atom. The quantitative estimate of drug-likeness (QED) is 0.607. The van der Waals surface area contributed by atoms with E-state index in [4.69, 9.17) is 0 Å². The highest BCUT2D eigenvalue weighted by Gasteiger charge is 2.11. The van der Waals surface area contributed by atoms with Gasteiger partial charge in [-0.2, -0.15) is 5.10 Å². The van der Waals surface area contributed by atoms with Crippen molar-refractivity contribution in [3.05, 3.63) is 65.2 Å². The molecule has 0 atom stereocenters. The topological polar surface area (TPSA) is 72.7 Å². The van der Waals surface area contributed by atoms with E-state index < -0.39 is 0 Å². The van der Waals surface area contributed by atoms with Gasteiger partial charge in [-0.1, -0.05) is 6.07 Å². The lowest BCUT2D eigenvalue weighted by Gasteiger charge is -2.03. The molecule has 0 aliphatic rings. The predicted molar refractivity (Wildman–Crippen MR) is 94.7 cm³/mol. The lowest BCUT2D eigenvalue weighted by Crippen LogP contribution is -2.12. The van der Waals surface area contributed by atoms with Crippen molar-refractivity contribution in [3.63, 3.8) is 0 Å². The van der Waals surface area contributed by atoms with Gasteiger partial charge in [-0.15, -0.1) is 22.7 Å². The highest BCUT2D eigenvalue weighted by atomic mass is 32.1. The molecule has 1 N–H and O–H groups in total. The number of aromatic nitrogens is 4. The fourth-order valence-electron chi connectivity index (χ4n) is 2.10. The van der Waals surface area contributed by atoms with Crippen molar-refractivity contribution >= 4 is 33.7 Å². The standard InChI is InChI=1S/C16H11N5OS2/c22-15(11-4-5-14(17-9-11)21-7-2-6-18-21)20-16-19-12(10-24-16)13-3-1-8-23-13/h1-10H,(H,19,20,22). The molecule has 6 nitrogen and oxygen atoms in total. The van der Waals surface area contributed by atoms with E-state index in [9.17, 15) is 4.79 Å². The molecule has 1 amide bonds. The molecule has 0 aromatic carbocycles. The normalized spacial score (nSPS) is 10.7. The first kappa shape index (κ1) is 14.7. The minimum atomic E-state index is -0.235. The van der Waals surface area contributed by atoms with E-state index in [1.807, 2.05) is 29.0 Å². The summed E-state index contributed by atoms with van der Waals surface area (Å²) in [5, 5.41) is 11.4. The average Bonchev–Trinajstić information content (AvgIpc) is 3.36. The molecule has 4 rings (SSSR count). The Kier molecular flexibility index (Phi) is 3.89. The fraction of sp³-hybridized carbons (Fsp3) is 0. The van der Waals surface area contributed by atoms with E-state index in [2.05, 4.69) is 20.4 Å². The first-order valence-corrected chi connectivity index (χ1v) is 8.82. The van der Waals surface area contributed by atoms with Gasteiger partial charge >= 0.3 is 0 Å². The van der Waals surface area contributed by atoms with Crippen molar-refractivity contribution in [2.45, 2.75) is 0 Å². The first-order chi connectivity index (χ1) is 11.8. The minimum absolute atomic E-state index is 0.235. The van der Waals surface area contributed by atoms with Gasteiger partial charge < -0.3 is 0 Å². The molecule has 0 saturated carbocycles. The lowest BCUT2D eigenvalue weighted by molar-refractivity contribution is 0.102. The molecule has 24 heavy (non-hydrogen) atoms. The molecule has 0 radical (unpaired) electrons. The Hall–Kier alpha value is -2.84. The number of carbonyl (C=O) groups excluding carboxylic acids is 1. The molecule has 118 valence electrons. The SMILES string of the molecule is O=C(Nc1nc(-c2cccs2)cs1)c1ccc(-n2cccn2)nc1. The van der Waals surface area contributed by atoms with E-state index in [0.717, 1.165) is 10.6 Å². The maximum Gasteiger partial charge on any atom is 0.259 e. The van der Waals surface area contributed by atoms with E-state index in [1.54, 1.807) is 40.5 Å². The molecule has 0 saturated heterocycles. The van der Waals surface area contributed by atoms with Gasteiger partial charge in [0.1, 0.15) is 0 Å². The van der Waals surface area contributed by atoms with E-state index in [1.165, 1.54) is 17.5 Å². The van der Waals surface area contributed by atoms with Crippen molar-refractivity contribution in [2.75, 3.05) is 5.32 Å². The van der Waals surface area contributed by atoms with Gasteiger partial charge in [-0.05, 0) is 29.6 Å². The molecule has 0 bridgehead atoms. The smallest absolute Gasteiger partial charge is 0.259 e. The summed E-state index contributed by atoms with van der Waals surface area (Å²) in [5.74, 6) is 0.423. The minimum Gasteiger partial charge on any atom is -0.298 e. The third-order valence-electron chi connectivity index (χ3n) is 3.25. The van der Waals surface area contributed by atoms with Crippen LogP contribution in [-0.2, 0) is 0 Å². The molecule has 8 heteroatoms. The average molecular weight is 353 g/mol. The van der Waals surface area contributed by atoms with Crippen LogP contribution in [0.25, 0.3) is 16.4 Å². The highest BCUT2D eigenvalue weighted by molar-refractivity contribution is 7.16. The number of carbonyl (C=O) groups is 1. The maximum absolute atomic E-state index is 12.3. The Labute approximate surface area is 145 Å². The zero-order valence-corrected chi connectivity index (χ0v) is 13.9. The number of nitrogens with one attached hydrogen (secondary N) is 1. The Balaban J connectivity index is 1.48. The largest absolute Gasteiger partial charge is 0.298 e. The first-order valence-electron chi connectivity index (χ1n) is 7.06. The van der Waals surface area contributed by atoms with Gasteiger partial charge in [0.05, 0.1) is 16.1 Å². The van der Waals surface area contributed by atoms with Crippen molar-refractivity contribution in [2.24, 2.45) is 0 Å². The molecule has 0 fully saturated rings. The van der Waals surface area contributed by atoms with Gasteiger partial charge in [0, 0.05) is 24.0 Å². The van der Waals surface area contributed by atoms with E-state index in [-0.39, 0.29) is 5.91 Å². The summed E-state index contributed by atoms with van der Waals surface area (Å²) in [6, 6.07) is 9.26. The number of thiophene rings is 1. The van der Waals surface area contributed by atoms with Crippen LogP contribution in [0.2, 0.25) is 0 Å². The van der Waals surface area contributed by atoms with Crippen molar-refractivity contribution < 1.29 is 4.79 Å². The molecule has 0 unspecified atom stereocenters. The van der Waals surface area contributed by atoms with Crippen LogP contribution in [-0.4, -0.2) is 25.7 Å². The molecule has 0 aliphatic carbocycles. The summed E-state index contributed by atoms with van der Waals surface area (Å²) < 4.78 is 1.63. The van der Waals surface area contributed by atoms with Crippen molar-refractivity contribution in [1.29, 1.82) is 0 Å². The third kappa shape index (κ3) is 2.97. The van der Waals surface area contributed by atoms with Gasteiger partial charge in [-0.3, -0.25) is 10.1 Å². The number of nitrogens with zero attached hydrogens (tertiary/aromatic N) is 4.